The van der Waals surface area contributed by atoms with E-state index in [1.165, 1.54) is 0 Å². The predicted octanol–water partition coefficient (Wildman–Crippen LogP) is 1.20. The minimum atomic E-state index is -0.502. The van der Waals surface area contributed by atoms with Crippen LogP contribution < -0.4 is 9.47 Å². The molecule has 0 N–H and O–H groups in total. The molecular weight excluding hydrogens is 174 g/mol. The average molecular weight is 180 g/mol. The zero-order valence-corrected chi connectivity index (χ0v) is 6.60. The van der Waals surface area contributed by atoms with Gasteiger partial charge in [0.05, 0.1) is 0 Å². The normalized spacial score (nSPS) is 12.9. The van der Waals surface area contributed by atoms with Crippen molar-refractivity contribution in [2.75, 3.05) is 6.79 Å². The summed E-state index contributed by atoms with van der Waals surface area (Å²) in [5.74, 6) is 1.18. The van der Waals surface area contributed by atoms with Crippen LogP contribution in [0.25, 0.3) is 0 Å². The van der Waals surface area contributed by atoms with Crippen molar-refractivity contribution in [2.45, 2.75) is 0 Å². The summed E-state index contributed by atoms with van der Waals surface area (Å²) in [6, 6.07) is 4.83. The highest BCUT2D eigenvalue weighted by Gasteiger charge is 2.15. The maximum absolute atomic E-state index is 10.1. The van der Waals surface area contributed by atoms with Crippen molar-refractivity contribution in [2.24, 2.45) is 0 Å². The molecule has 1 heterocycles. The Morgan fingerprint density at radius 2 is 2.15 bits per heavy atom. The van der Waals surface area contributed by atoms with Gasteiger partial charge in [0.25, 0.3) is 0 Å². The van der Waals surface area contributed by atoms with Crippen LogP contribution in [0.4, 0.5) is 0 Å². The molecule has 0 fully saturated rings. The van der Waals surface area contributed by atoms with Gasteiger partial charge < -0.3 is 9.47 Å². The number of fused-ring (bicyclic) bond motifs is 1. The highest BCUT2D eigenvalue weighted by atomic mass is 16.7. The third-order valence-electron chi connectivity index (χ3n) is 1.65. The number of hydrogen-bond acceptors (Lipinski definition) is 4. The molecule has 0 aromatic heterocycles. The SMILES string of the molecule is O=[N+]([O-])[CH]c1ccc2c(c1)OCO2. The summed E-state index contributed by atoms with van der Waals surface area (Å²) in [5.41, 5.74) is 0.495. The van der Waals surface area contributed by atoms with Crippen molar-refractivity contribution in [3.05, 3.63) is 40.4 Å². The van der Waals surface area contributed by atoms with Crippen molar-refractivity contribution in [1.82, 2.24) is 0 Å². The molecule has 0 atom stereocenters. The van der Waals surface area contributed by atoms with Gasteiger partial charge in [-0.2, -0.15) is 0 Å². The second-order valence-corrected chi connectivity index (χ2v) is 2.53. The van der Waals surface area contributed by atoms with E-state index >= 15 is 0 Å². The number of ether oxygens (including phenoxy) is 2. The third kappa shape index (κ3) is 1.53. The number of nitro groups is 1. The molecule has 13 heavy (non-hydrogen) atoms. The van der Waals surface area contributed by atoms with E-state index < -0.39 is 4.92 Å². The molecule has 0 unspecified atom stereocenters. The van der Waals surface area contributed by atoms with Crippen LogP contribution in [0.5, 0.6) is 11.5 Å². The Balaban J connectivity index is 2.25. The topological polar surface area (TPSA) is 61.6 Å². The lowest BCUT2D eigenvalue weighted by molar-refractivity contribution is -0.429. The van der Waals surface area contributed by atoms with Crippen LogP contribution in [-0.2, 0) is 0 Å². The fraction of sp³-hybridized carbons (Fsp3) is 0.125. The summed E-state index contributed by atoms with van der Waals surface area (Å²) in [6.07, 6.45) is 0. The van der Waals surface area contributed by atoms with E-state index in [0.717, 1.165) is 6.54 Å². The molecule has 67 valence electrons. The number of nitrogens with zero attached hydrogens (tertiary/aromatic N) is 1. The third-order valence-corrected chi connectivity index (χ3v) is 1.65. The fourth-order valence-electron chi connectivity index (χ4n) is 1.12. The first-order valence-electron chi connectivity index (χ1n) is 3.64. The zero-order valence-electron chi connectivity index (χ0n) is 6.60. The van der Waals surface area contributed by atoms with Crippen LogP contribution in [0.3, 0.4) is 0 Å². The Kier molecular flexibility index (Phi) is 1.77. The maximum atomic E-state index is 10.1. The molecule has 2 rings (SSSR count). The van der Waals surface area contributed by atoms with Crippen LogP contribution in [0.2, 0.25) is 0 Å². The largest absolute Gasteiger partial charge is 0.454 e. The molecule has 0 spiro atoms. The van der Waals surface area contributed by atoms with Crippen LogP contribution in [0.15, 0.2) is 18.2 Å². The Morgan fingerprint density at radius 3 is 2.92 bits per heavy atom. The van der Waals surface area contributed by atoms with E-state index in [1.807, 2.05) is 0 Å². The lowest BCUT2D eigenvalue weighted by Crippen LogP contribution is -1.94. The first-order valence-corrected chi connectivity index (χ1v) is 3.64. The molecule has 5 nitrogen and oxygen atoms in total. The fourth-order valence-corrected chi connectivity index (χ4v) is 1.12. The van der Waals surface area contributed by atoms with Crippen molar-refractivity contribution < 1.29 is 14.4 Å². The van der Waals surface area contributed by atoms with E-state index in [2.05, 4.69) is 0 Å². The first kappa shape index (κ1) is 7.85. The lowest BCUT2D eigenvalue weighted by atomic mass is 10.2. The van der Waals surface area contributed by atoms with Crippen LogP contribution in [-0.4, -0.2) is 11.7 Å². The minimum absolute atomic E-state index is 0.178. The number of hydrogen-bond donors (Lipinski definition) is 0. The lowest BCUT2D eigenvalue weighted by Gasteiger charge is -1.96. The van der Waals surface area contributed by atoms with Crippen molar-refractivity contribution in [1.29, 1.82) is 0 Å². The minimum Gasteiger partial charge on any atom is -0.454 e. The smallest absolute Gasteiger partial charge is 0.308 e. The molecule has 1 aromatic rings. The van der Waals surface area contributed by atoms with Crippen molar-refractivity contribution >= 4 is 0 Å². The van der Waals surface area contributed by atoms with Gasteiger partial charge in [0.1, 0.15) is 0 Å². The van der Waals surface area contributed by atoms with Gasteiger partial charge >= 0.3 is 6.54 Å². The maximum Gasteiger partial charge on any atom is 0.308 e. The Morgan fingerprint density at radius 1 is 1.38 bits per heavy atom. The quantitative estimate of drug-likeness (QED) is 0.506. The standard InChI is InChI=1S/C8H6NO4/c10-9(11)4-6-1-2-7-8(3-6)13-5-12-7/h1-4H,5H2. The van der Waals surface area contributed by atoms with Gasteiger partial charge in [0, 0.05) is 10.5 Å². The summed E-state index contributed by atoms with van der Waals surface area (Å²) in [6.45, 7) is 1.10. The Bertz CT molecular complexity index is 350. The predicted molar refractivity (Wildman–Crippen MR) is 43.0 cm³/mol. The van der Waals surface area contributed by atoms with Crippen LogP contribution in [0, 0.1) is 16.7 Å². The van der Waals surface area contributed by atoms with E-state index in [1.54, 1.807) is 18.2 Å². The van der Waals surface area contributed by atoms with Gasteiger partial charge in [-0.15, -0.1) is 0 Å². The van der Waals surface area contributed by atoms with Gasteiger partial charge in [0.2, 0.25) is 6.79 Å². The second-order valence-electron chi connectivity index (χ2n) is 2.53. The summed E-state index contributed by atoms with van der Waals surface area (Å²) in [5, 5.41) is 10.1. The van der Waals surface area contributed by atoms with Gasteiger partial charge in [0.15, 0.2) is 11.5 Å². The number of rotatable bonds is 2. The van der Waals surface area contributed by atoms with E-state index in [9.17, 15) is 10.1 Å². The van der Waals surface area contributed by atoms with Gasteiger partial charge in [-0.1, -0.05) is 0 Å². The molecule has 1 radical (unpaired) electrons. The molecule has 0 saturated heterocycles. The highest BCUT2D eigenvalue weighted by Crippen LogP contribution is 2.32. The molecular formula is C8H6NO4. The molecule has 0 saturated carbocycles. The molecule has 0 aliphatic carbocycles. The van der Waals surface area contributed by atoms with Crippen molar-refractivity contribution in [3.8, 4) is 11.5 Å². The molecule has 1 aromatic carbocycles. The number of benzene rings is 1. The Hall–Kier alpha value is -1.78. The summed E-state index contributed by atoms with van der Waals surface area (Å²) < 4.78 is 10.1. The molecule has 5 heteroatoms. The summed E-state index contributed by atoms with van der Waals surface area (Å²) in [4.78, 5) is 9.64. The van der Waals surface area contributed by atoms with E-state index in [4.69, 9.17) is 9.47 Å². The zero-order chi connectivity index (χ0) is 9.26. The Labute approximate surface area is 74.0 Å². The van der Waals surface area contributed by atoms with Gasteiger partial charge in [-0.3, -0.25) is 10.1 Å². The monoisotopic (exact) mass is 180 g/mol. The molecule has 1 aliphatic rings. The van der Waals surface area contributed by atoms with Gasteiger partial charge in [-0.05, 0) is 18.2 Å². The van der Waals surface area contributed by atoms with E-state index in [0.29, 0.717) is 17.1 Å². The molecule has 0 amide bonds. The molecule has 0 bridgehead atoms. The summed E-state index contributed by atoms with van der Waals surface area (Å²) in [7, 11) is 0. The average Bonchev–Trinajstić information content (AvgIpc) is 2.49. The highest BCUT2D eigenvalue weighted by molar-refractivity contribution is 5.45. The second kappa shape index (κ2) is 2.93. The van der Waals surface area contributed by atoms with Crippen LogP contribution >= 0.6 is 0 Å². The first-order chi connectivity index (χ1) is 6.25. The summed E-state index contributed by atoms with van der Waals surface area (Å²) >= 11 is 0. The molecule has 1 aliphatic heterocycles. The van der Waals surface area contributed by atoms with Gasteiger partial charge in [-0.25, -0.2) is 0 Å². The van der Waals surface area contributed by atoms with Crippen LogP contribution in [0.1, 0.15) is 5.56 Å². The van der Waals surface area contributed by atoms with E-state index in [-0.39, 0.29) is 6.79 Å². The van der Waals surface area contributed by atoms with Crippen molar-refractivity contribution in [3.63, 3.8) is 0 Å².